The van der Waals surface area contributed by atoms with Crippen LogP contribution in [-0.4, -0.2) is 5.78 Å². The fourth-order valence-electron chi connectivity index (χ4n) is 1.53. The Morgan fingerprint density at radius 3 is 2.44 bits per heavy atom. The van der Waals surface area contributed by atoms with Crippen LogP contribution < -0.4 is 0 Å². The van der Waals surface area contributed by atoms with E-state index in [-0.39, 0.29) is 5.78 Å². The molecule has 0 aliphatic carbocycles. The number of hydrogen-bond acceptors (Lipinski definition) is 1. The molecule has 0 aliphatic rings. The Bertz CT molecular complexity index is 605. The van der Waals surface area contributed by atoms with Crippen molar-refractivity contribution in [1.29, 1.82) is 0 Å². The average molecular weight is 322 g/mol. The van der Waals surface area contributed by atoms with Crippen molar-refractivity contribution < 1.29 is 4.79 Å². The molecule has 0 amide bonds. The topological polar surface area (TPSA) is 17.1 Å². The summed E-state index contributed by atoms with van der Waals surface area (Å²) in [6.45, 7) is 0. The molecule has 0 radical (unpaired) electrons. The summed E-state index contributed by atoms with van der Waals surface area (Å²) < 4.78 is 0.791. The molecule has 0 N–H and O–H groups in total. The molecule has 0 aliphatic heterocycles. The summed E-state index contributed by atoms with van der Waals surface area (Å²) in [6, 6.07) is 14.7. The number of benzene rings is 2. The van der Waals surface area contributed by atoms with E-state index in [1.165, 1.54) is 6.08 Å². The first-order valence-electron chi connectivity index (χ1n) is 5.40. The van der Waals surface area contributed by atoms with Crippen molar-refractivity contribution in [3.63, 3.8) is 0 Å². The Hall–Kier alpha value is -1.38. The number of allylic oxidation sites excluding steroid dienone is 1. The van der Waals surface area contributed by atoms with Crippen molar-refractivity contribution in [3.05, 3.63) is 75.2 Å². The number of rotatable bonds is 3. The van der Waals surface area contributed by atoms with Crippen molar-refractivity contribution in [3.8, 4) is 0 Å². The molecule has 2 aromatic carbocycles. The summed E-state index contributed by atoms with van der Waals surface area (Å²) in [5.74, 6) is -0.0533. The Morgan fingerprint density at radius 2 is 1.72 bits per heavy atom. The molecular formula is C15H10BrClO. The normalized spacial score (nSPS) is 10.8. The number of hydrogen-bond donors (Lipinski definition) is 0. The first-order chi connectivity index (χ1) is 8.68. The van der Waals surface area contributed by atoms with Gasteiger partial charge in [0.2, 0.25) is 0 Å². The van der Waals surface area contributed by atoms with Crippen LogP contribution in [0.1, 0.15) is 15.9 Å². The smallest absolute Gasteiger partial charge is 0.186 e. The number of halogens is 2. The van der Waals surface area contributed by atoms with Gasteiger partial charge in [-0.3, -0.25) is 4.79 Å². The monoisotopic (exact) mass is 320 g/mol. The van der Waals surface area contributed by atoms with Crippen LogP contribution in [0.2, 0.25) is 5.02 Å². The van der Waals surface area contributed by atoms with Gasteiger partial charge in [-0.15, -0.1) is 0 Å². The van der Waals surface area contributed by atoms with Crippen LogP contribution >= 0.6 is 27.5 Å². The van der Waals surface area contributed by atoms with Gasteiger partial charge in [-0.2, -0.15) is 0 Å². The molecule has 0 unspecified atom stereocenters. The minimum atomic E-state index is -0.0533. The molecule has 90 valence electrons. The van der Waals surface area contributed by atoms with Crippen LogP contribution in [0.25, 0.3) is 6.08 Å². The molecule has 0 saturated carbocycles. The zero-order valence-electron chi connectivity index (χ0n) is 9.44. The van der Waals surface area contributed by atoms with Gasteiger partial charge in [0.15, 0.2) is 5.78 Å². The molecule has 0 spiro atoms. The van der Waals surface area contributed by atoms with Gasteiger partial charge in [0.25, 0.3) is 0 Å². The largest absolute Gasteiger partial charge is 0.289 e. The van der Waals surface area contributed by atoms with Crippen LogP contribution in [-0.2, 0) is 0 Å². The molecule has 2 rings (SSSR count). The number of carbonyl (C=O) groups is 1. The van der Waals surface area contributed by atoms with Crippen LogP contribution in [0.5, 0.6) is 0 Å². The van der Waals surface area contributed by atoms with Crippen LogP contribution in [0.4, 0.5) is 0 Å². The Labute approximate surface area is 119 Å². The summed E-state index contributed by atoms with van der Waals surface area (Å²) in [4.78, 5) is 12.0. The zero-order valence-corrected chi connectivity index (χ0v) is 11.8. The van der Waals surface area contributed by atoms with Crippen molar-refractivity contribution in [1.82, 2.24) is 0 Å². The highest BCUT2D eigenvalue weighted by molar-refractivity contribution is 9.10. The van der Waals surface area contributed by atoms with E-state index in [1.54, 1.807) is 18.2 Å². The van der Waals surface area contributed by atoms with E-state index in [2.05, 4.69) is 15.9 Å². The van der Waals surface area contributed by atoms with E-state index in [4.69, 9.17) is 11.6 Å². The first kappa shape index (κ1) is 13.1. The van der Waals surface area contributed by atoms with Gasteiger partial charge in [-0.05, 0) is 35.9 Å². The van der Waals surface area contributed by atoms with Crippen LogP contribution in [0, 0.1) is 0 Å². The Kier molecular flexibility index (Phi) is 4.34. The maximum atomic E-state index is 12.0. The standard InChI is InChI=1S/C15H10BrClO/c16-13-7-3-2-6-12(13)15(18)10-9-11-5-1-4-8-14(11)17/h1-10H. The highest BCUT2D eigenvalue weighted by atomic mass is 79.9. The average Bonchev–Trinajstić information content (AvgIpc) is 2.38. The van der Waals surface area contributed by atoms with Gasteiger partial charge in [0, 0.05) is 15.1 Å². The van der Waals surface area contributed by atoms with Crippen LogP contribution in [0.3, 0.4) is 0 Å². The minimum absolute atomic E-state index is 0.0533. The molecule has 0 aromatic heterocycles. The van der Waals surface area contributed by atoms with Gasteiger partial charge >= 0.3 is 0 Å². The molecule has 0 fully saturated rings. The van der Waals surface area contributed by atoms with E-state index < -0.39 is 0 Å². The predicted molar refractivity (Wildman–Crippen MR) is 79.0 cm³/mol. The fraction of sp³-hybridized carbons (Fsp3) is 0. The second-order valence-corrected chi connectivity index (χ2v) is 4.96. The number of carbonyl (C=O) groups excluding carboxylic acids is 1. The van der Waals surface area contributed by atoms with E-state index in [0.29, 0.717) is 10.6 Å². The van der Waals surface area contributed by atoms with Crippen LogP contribution in [0.15, 0.2) is 59.1 Å². The maximum absolute atomic E-state index is 12.0. The molecule has 0 heterocycles. The Balaban J connectivity index is 2.23. The molecular weight excluding hydrogens is 312 g/mol. The van der Waals surface area contributed by atoms with Gasteiger partial charge in [-0.25, -0.2) is 0 Å². The van der Waals surface area contributed by atoms with Gasteiger partial charge in [0.1, 0.15) is 0 Å². The highest BCUT2D eigenvalue weighted by Crippen LogP contribution is 2.19. The molecule has 0 atom stereocenters. The van der Waals surface area contributed by atoms with Crippen molar-refractivity contribution in [2.24, 2.45) is 0 Å². The Morgan fingerprint density at radius 1 is 1.06 bits per heavy atom. The molecule has 0 bridgehead atoms. The quantitative estimate of drug-likeness (QED) is 0.574. The number of ketones is 1. The predicted octanol–water partition coefficient (Wildman–Crippen LogP) is 5.00. The fourth-order valence-corrected chi connectivity index (χ4v) is 2.21. The van der Waals surface area contributed by atoms with Gasteiger partial charge in [-0.1, -0.05) is 57.9 Å². The lowest BCUT2D eigenvalue weighted by atomic mass is 10.1. The second-order valence-electron chi connectivity index (χ2n) is 3.70. The summed E-state index contributed by atoms with van der Waals surface area (Å²) in [6.07, 6.45) is 3.26. The van der Waals surface area contributed by atoms with Crippen molar-refractivity contribution >= 4 is 39.4 Å². The maximum Gasteiger partial charge on any atom is 0.186 e. The zero-order chi connectivity index (χ0) is 13.0. The summed E-state index contributed by atoms with van der Waals surface area (Å²) >= 11 is 9.37. The van der Waals surface area contributed by atoms with E-state index >= 15 is 0 Å². The van der Waals surface area contributed by atoms with Gasteiger partial charge in [0.05, 0.1) is 0 Å². The highest BCUT2D eigenvalue weighted by Gasteiger charge is 2.05. The van der Waals surface area contributed by atoms with E-state index in [0.717, 1.165) is 10.0 Å². The third-order valence-electron chi connectivity index (χ3n) is 2.46. The molecule has 1 nitrogen and oxygen atoms in total. The van der Waals surface area contributed by atoms with E-state index in [9.17, 15) is 4.79 Å². The van der Waals surface area contributed by atoms with Crippen molar-refractivity contribution in [2.75, 3.05) is 0 Å². The lowest BCUT2D eigenvalue weighted by molar-refractivity contribution is 0.104. The second kappa shape index (κ2) is 5.98. The summed E-state index contributed by atoms with van der Waals surface area (Å²) in [5.41, 5.74) is 1.47. The summed E-state index contributed by atoms with van der Waals surface area (Å²) in [5, 5.41) is 0.633. The molecule has 18 heavy (non-hydrogen) atoms. The van der Waals surface area contributed by atoms with Gasteiger partial charge < -0.3 is 0 Å². The summed E-state index contributed by atoms with van der Waals surface area (Å²) in [7, 11) is 0. The first-order valence-corrected chi connectivity index (χ1v) is 6.57. The minimum Gasteiger partial charge on any atom is -0.289 e. The third-order valence-corrected chi connectivity index (χ3v) is 3.49. The SMILES string of the molecule is O=C(C=Cc1ccccc1Cl)c1ccccc1Br. The lowest BCUT2D eigenvalue weighted by Crippen LogP contribution is -1.94. The lowest BCUT2D eigenvalue weighted by Gasteiger charge is -1.99. The van der Waals surface area contributed by atoms with E-state index in [1.807, 2.05) is 36.4 Å². The molecule has 0 saturated heterocycles. The molecule has 2 aromatic rings. The third kappa shape index (κ3) is 3.09. The molecule has 3 heteroatoms. The van der Waals surface area contributed by atoms with Crippen molar-refractivity contribution in [2.45, 2.75) is 0 Å².